The fourth-order valence-corrected chi connectivity index (χ4v) is 1.01. The van der Waals surface area contributed by atoms with Gasteiger partial charge in [-0.25, -0.2) is 9.45 Å². The molecule has 3 nitrogen and oxygen atoms in total. The minimum absolute atomic E-state index is 0.335. The Labute approximate surface area is 82.0 Å². The van der Waals surface area contributed by atoms with E-state index in [-0.39, 0.29) is 0 Å². The number of carbonyl (C=O) groups is 1. The van der Waals surface area contributed by atoms with Crippen molar-refractivity contribution in [1.82, 2.24) is 5.06 Å². The topological polar surface area (TPSA) is 29.5 Å². The number of amides is 1. The smallest absolute Gasteiger partial charge is 0.274 e. The molecule has 0 saturated heterocycles. The van der Waals surface area contributed by atoms with Crippen molar-refractivity contribution in [2.24, 2.45) is 0 Å². The highest BCUT2D eigenvalue weighted by molar-refractivity contribution is 5.81. The highest BCUT2D eigenvalue weighted by atomic mass is 19.1. The van der Waals surface area contributed by atoms with Crippen LogP contribution in [0, 0.1) is 0 Å². The van der Waals surface area contributed by atoms with Crippen LogP contribution in [0.4, 0.5) is 4.39 Å². The Morgan fingerprint density at radius 1 is 1.43 bits per heavy atom. The zero-order chi connectivity index (χ0) is 10.6. The second kappa shape index (κ2) is 4.72. The number of rotatable bonds is 3. The second-order valence-electron chi connectivity index (χ2n) is 2.79. The number of hydrogen-bond donors (Lipinski definition) is 0. The van der Waals surface area contributed by atoms with Gasteiger partial charge in [0.1, 0.15) is 0 Å². The minimum atomic E-state index is -1.67. The summed E-state index contributed by atoms with van der Waals surface area (Å²) >= 11 is 0. The van der Waals surface area contributed by atoms with Gasteiger partial charge in [-0.1, -0.05) is 30.3 Å². The van der Waals surface area contributed by atoms with Crippen LogP contribution in [0.25, 0.3) is 0 Å². The third-order valence-corrected chi connectivity index (χ3v) is 1.89. The molecule has 0 heterocycles. The second-order valence-corrected chi connectivity index (χ2v) is 2.79. The van der Waals surface area contributed by atoms with Crippen molar-refractivity contribution in [3.05, 3.63) is 35.9 Å². The predicted molar refractivity (Wildman–Crippen MR) is 50.1 cm³/mol. The summed E-state index contributed by atoms with van der Waals surface area (Å²) in [6, 6.07) is 8.25. The first-order valence-corrected chi connectivity index (χ1v) is 4.17. The monoisotopic (exact) mass is 197 g/mol. The Morgan fingerprint density at radius 2 is 2.00 bits per heavy atom. The lowest BCUT2D eigenvalue weighted by Crippen LogP contribution is -2.29. The molecule has 0 aliphatic heterocycles. The van der Waals surface area contributed by atoms with E-state index in [0.717, 1.165) is 5.06 Å². The fourth-order valence-electron chi connectivity index (χ4n) is 1.01. The molecule has 0 saturated carbocycles. The van der Waals surface area contributed by atoms with Crippen LogP contribution < -0.4 is 0 Å². The number of alkyl halides is 1. The lowest BCUT2D eigenvalue weighted by molar-refractivity contribution is -0.174. The minimum Gasteiger partial charge on any atom is -0.274 e. The van der Waals surface area contributed by atoms with Crippen LogP contribution in [0.15, 0.2) is 30.3 Å². The maximum absolute atomic E-state index is 13.5. The van der Waals surface area contributed by atoms with Crippen molar-refractivity contribution in [3.63, 3.8) is 0 Å². The van der Waals surface area contributed by atoms with Crippen molar-refractivity contribution in [1.29, 1.82) is 0 Å². The van der Waals surface area contributed by atoms with Crippen molar-refractivity contribution in [3.8, 4) is 0 Å². The van der Waals surface area contributed by atoms with Gasteiger partial charge in [0.05, 0.1) is 7.11 Å². The highest BCUT2D eigenvalue weighted by Crippen LogP contribution is 2.18. The number of nitrogens with zero attached hydrogens (tertiary/aromatic N) is 1. The zero-order valence-corrected chi connectivity index (χ0v) is 8.11. The Balaban J connectivity index is 2.76. The standard InChI is InChI=1S/C10H12FNO2/c1-12(14-2)10(13)9(11)8-6-4-3-5-7-8/h3-7,9H,1-2H3. The first-order chi connectivity index (χ1) is 6.66. The molecular weight excluding hydrogens is 185 g/mol. The van der Waals surface area contributed by atoms with Gasteiger partial charge in [-0.2, -0.15) is 0 Å². The van der Waals surface area contributed by atoms with E-state index in [2.05, 4.69) is 4.84 Å². The lowest BCUT2D eigenvalue weighted by Gasteiger charge is -2.16. The van der Waals surface area contributed by atoms with Crippen molar-refractivity contribution in [2.75, 3.05) is 14.2 Å². The Kier molecular flexibility index (Phi) is 3.59. The van der Waals surface area contributed by atoms with E-state index in [4.69, 9.17) is 0 Å². The Morgan fingerprint density at radius 3 is 2.50 bits per heavy atom. The van der Waals surface area contributed by atoms with Crippen LogP contribution in [0.1, 0.15) is 11.7 Å². The van der Waals surface area contributed by atoms with Crippen molar-refractivity contribution in [2.45, 2.75) is 6.17 Å². The van der Waals surface area contributed by atoms with Gasteiger partial charge < -0.3 is 0 Å². The average molecular weight is 197 g/mol. The molecule has 0 aliphatic rings. The molecule has 14 heavy (non-hydrogen) atoms. The Bertz CT molecular complexity index is 302. The number of hydroxylamine groups is 2. The molecule has 0 N–H and O–H groups in total. The van der Waals surface area contributed by atoms with Crippen LogP contribution in [0.5, 0.6) is 0 Å². The van der Waals surface area contributed by atoms with Gasteiger partial charge in [0, 0.05) is 7.05 Å². The third kappa shape index (κ3) is 2.29. The summed E-state index contributed by atoms with van der Waals surface area (Å²) in [6.07, 6.45) is -1.67. The van der Waals surface area contributed by atoms with Crippen LogP contribution in [-0.2, 0) is 9.63 Å². The number of halogens is 1. The SMILES string of the molecule is CON(C)C(=O)C(F)c1ccccc1. The first kappa shape index (κ1) is 10.7. The number of benzene rings is 1. The maximum Gasteiger partial charge on any atom is 0.285 e. The van der Waals surface area contributed by atoms with E-state index in [0.29, 0.717) is 5.56 Å². The third-order valence-electron chi connectivity index (χ3n) is 1.89. The molecule has 0 aliphatic carbocycles. The van der Waals surface area contributed by atoms with Gasteiger partial charge in [0.25, 0.3) is 5.91 Å². The molecule has 0 radical (unpaired) electrons. The molecule has 0 aromatic heterocycles. The quantitative estimate of drug-likeness (QED) is 0.690. The maximum atomic E-state index is 13.5. The number of carbonyl (C=O) groups excluding carboxylic acids is 1. The van der Waals surface area contributed by atoms with E-state index < -0.39 is 12.1 Å². The summed E-state index contributed by atoms with van der Waals surface area (Å²) < 4.78 is 13.5. The van der Waals surface area contributed by atoms with Gasteiger partial charge in [-0.3, -0.25) is 9.63 Å². The molecule has 0 spiro atoms. The van der Waals surface area contributed by atoms with Crippen molar-refractivity contribution >= 4 is 5.91 Å². The van der Waals surface area contributed by atoms with Crippen LogP contribution in [-0.4, -0.2) is 25.1 Å². The largest absolute Gasteiger partial charge is 0.285 e. The molecule has 1 unspecified atom stereocenters. The van der Waals surface area contributed by atoms with Gasteiger partial charge in [0.2, 0.25) is 6.17 Å². The van der Waals surface area contributed by atoms with E-state index in [1.54, 1.807) is 30.3 Å². The summed E-state index contributed by atoms with van der Waals surface area (Å²) in [5.41, 5.74) is 0.335. The number of likely N-dealkylation sites (N-methyl/N-ethyl adjacent to an activating group) is 1. The van der Waals surface area contributed by atoms with Crippen LogP contribution >= 0.6 is 0 Å². The van der Waals surface area contributed by atoms with E-state index in [1.165, 1.54) is 14.2 Å². The molecule has 0 bridgehead atoms. The lowest BCUT2D eigenvalue weighted by atomic mass is 10.1. The molecule has 1 atom stereocenters. The predicted octanol–water partition coefficient (Wildman–Crippen LogP) is 1.72. The summed E-state index contributed by atoms with van der Waals surface area (Å²) in [5, 5.41) is 0.873. The van der Waals surface area contributed by atoms with Crippen LogP contribution in [0.3, 0.4) is 0 Å². The zero-order valence-electron chi connectivity index (χ0n) is 8.11. The molecule has 1 aromatic carbocycles. The van der Waals surface area contributed by atoms with E-state index >= 15 is 0 Å². The van der Waals surface area contributed by atoms with Gasteiger partial charge in [0.15, 0.2) is 0 Å². The van der Waals surface area contributed by atoms with E-state index in [9.17, 15) is 9.18 Å². The van der Waals surface area contributed by atoms with Gasteiger partial charge in [-0.15, -0.1) is 0 Å². The van der Waals surface area contributed by atoms with Crippen molar-refractivity contribution < 1.29 is 14.0 Å². The molecule has 76 valence electrons. The molecular formula is C10H12FNO2. The normalized spacial score (nSPS) is 12.2. The first-order valence-electron chi connectivity index (χ1n) is 4.17. The molecule has 1 rings (SSSR count). The molecule has 0 fully saturated rings. The Hall–Kier alpha value is -1.42. The molecule has 4 heteroatoms. The van der Waals surface area contributed by atoms with Crippen LogP contribution in [0.2, 0.25) is 0 Å². The summed E-state index contributed by atoms with van der Waals surface area (Å²) in [5.74, 6) is -0.710. The van der Waals surface area contributed by atoms with Gasteiger partial charge in [-0.05, 0) is 5.56 Å². The molecule has 1 aromatic rings. The number of hydrogen-bond acceptors (Lipinski definition) is 2. The van der Waals surface area contributed by atoms with Gasteiger partial charge >= 0.3 is 0 Å². The van der Waals surface area contributed by atoms with E-state index in [1.807, 2.05) is 0 Å². The summed E-state index contributed by atoms with van der Waals surface area (Å²) in [7, 11) is 2.69. The molecule has 1 amide bonds. The summed E-state index contributed by atoms with van der Waals surface area (Å²) in [6.45, 7) is 0. The summed E-state index contributed by atoms with van der Waals surface area (Å²) in [4.78, 5) is 15.9. The fraction of sp³-hybridized carbons (Fsp3) is 0.300. The average Bonchev–Trinajstić information content (AvgIpc) is 2.27. The highest BCUT2D eigenvalue weighted by Gasteiger charge is 2.22.